The highest BCUT2D eigenvalue weighted by molar-refractivity contribution is 5.85. The summed E-state index contributed by atoms with van der Waals surface area (Å²) in [6.07, 6.45) is 5.28. The number of aryl methyl sites for hydroxylation is 1. The molecule has 1 aromatic carbocycles. The molecular weight excluding hydrogens is 462 g/mol. The fourth-order valence-electron chi connectivity index (χ4n) is 5.68. The van der Waals surface area contributed by atoms with Gasteiger partial charge in [0.15, 0.2) is 0 Å². The number of pyridine rings is 1. The second-order valence-corrected chi connectivity index (χ2v) is 10.8. The first-order valence-corrected chi connectivity index (χ1v) is 13.5. The van der Waals surface area contributed by atoms with Gasteiger partial charge < -0.3 is 19.4 Å². The van der Waals surface area contributed by atoms with Crippen molar-refractivity contribution in [2.45, 2.75) is 39.4 Å². The Bertz CT molecular complexity index is 1380. The van der Waals surface area contributed by atoms with Gasteiger partial charge in [0, 0.05) is 69.7 Å². The fraction of sp³-hybridized carbons (Fsp3) is 0.483. The van der Waals surface area contributed by atoms with Crippen molar-refractivity contribution >= 4 is 22.5 Å². The van der Waals surface area contributed by atoms with Crippen LogP contribution in [-0.4, -0.2) is 94.2 Å². The molecule has 0 saturated carbocycles. The summed E-state index contributed by atoms with van der Waals surface area (Å²) >= 11 is 0. The third-order valence-electron chi connectivity index (χ3n) is 7.76. The molecule has 2 atom stereocenters. The molecule has 0 amide bonds. The lowest BCUT2D eigenvalue weighted by Gasteiger charge is -2.35. The van der Waals surface area contributed by atoms with Crippen molar-refractivity contribution in [2.75, 3.05) is 57.8 Å². The molecule has 2 aliphatic heterocycles. The summed E-state index contributed by atoms with van der Waals surface area (Å²) in [5.41, 5.74) is 7.47. The van der Waals surface area contributed by atoms with E-state index in [-0.39, 0.29) is 12.2 Å². The predicted molar refractivity (Wildman–Crippen MR) is 148 cm³/mol. The Labute approximate surface area is 218 Å². The first-order chi connectivity index (χ1) is 17.9. The topological polar surface area (TPSA) is 62.0 Å². The van der Waals surface area contributed by atoms with Crippen molar-refractivity contribution in [3.63, 3.8) is 0 Å². The maximum absolute atomic E-state index is 5.98. The number of hydrogen-bond acceptors (Lipinski definition) is 7. The van der Waals surface area contributed by atoms with Gasteiger partial charge in [0.2, 0.25) is 5.95 Å². The Hall–Kier alpha value is -3.07. The highest BCUT2D eigenvalue weighted by Crippen LogP contribution is 2.30. The molecule has 194 valence electrons. The van der Waals surface area contributed by atoms with Crippen molar-refractivity contribution in [3.8, 4) is 11.1 Å². The van der Waals surface area contributed by atoms with Crippen LogP contribution in [0.15, 0.2) is 42.7 Å². The van der Waals surface area contributed by atoms with E-state index in [0.29, 0.717) is 0 Å². The molecule has 2 saturated heterocycles. The Kier molecular flexibility index (Phi) is 6.56. The average Bonchev–Trinajstić information content (AvgIpc) is 3.25. The van der Waals surface area contributed by atoms with E-state index in [1.54, 1.807) is 0 Å². The molecule has 4 aromatic rings. The summed E-state index contributed by atoms with van der Waals surface area (Å²) in [6.45, 7) is 13.6. The molecule has 0 bridgehead atoms. The smallest absolute Gasteiger partial charge is 0.211 e. The monoisotopic (exact) mass is 499 g/mol. The Morgan fingerprint density at radius 2 is 1.65 bits per heavy atom. The van der Waals surface area contributed by atoms with Gasteiger partial charge in [0.25, 0.3) is 0 Å². The minimum Gasteiger partial charge on any atom is -0.372 e. The van der Waals surface area contributed by atoms with Gasteiger partial charge in [-0.2, -0.15) is 0 Å². The van der Waals surface area contributed by atoms with E-state index in [9.17, 15) is 0 Å². The number of aromatic nitrogens is 4. The lowest BCUT2D eigenvalue weighted by atomic mass is 10.1. The van der Waals surface area contributed by atoms with Crippen LogP contribution in [0.25, 0.3) is 27.7 Å². The summed E-state index contributed by atoms with van der Waals surface area (Å²) in [6, 6.07) is 10.9. The third kappa shape index (κ3) is 4.93. The van der Waals surface area contributed by atoms with E-state index in [2.05, 4.69) is 77.3 Å². The van der Waals surface area contributed by atoms with Crippen molar-refractivity contribution in [3.05, 3.63) is 54.1 Å². The molecule has 0 unspecified atom stereocenters. The second-order valence-electron chi connectivity index (χ2n) is 10.8. The molecule has 0 spiro atoms. The molecular formula is C29H37N7O. The van der Waals surface area contributed by atoms with Gasteiger partial charge in [-0.1, -0.05) is 12.1 Å². The average molecular weight is 500 g/mol. The van der Waals surface area contributed by atoms with Crippen molar-refractivity contribution in [1.82, 2.24) is 29.2 Å². The fourth-order valence-corrected chi connectivity index (χ4v) is 5.68. The minimum absolute atomic E-state index is 0.168. The van der Waals surface area contributed by atoms with Gasteiger partial charge in [0.05, 0.1) is 40.6 Å². The largest absolute Gasteiger partial charge is 0.372 e. The SMILES string of the molecule is Cc1nc(N2C[C@@H](C)O[C@@H](C)C2)n2c1cnc1ccc(-c3ccc(CCN4CCN(C)CC4)nc3)cc12. The molecule has 2 fully saturated rings. The zero-order chi connectivity index (χ0) is 25.5. The summed E-state index contributed by atoms with van der Waals surface area (Å²) in [4.78, 5) is 21.8. The highest BCUT2D eigenvalue weighted by Gasteiger charge is 2.26. The normalized spacial score (nSPS) is 21.8. The molecule has 6 rings (SSSR count). The molecule has 8 nitrogen and oxygen atoms in total. The van der Waals surface area contributed by atoms with E-state index < -0.39 is 0 Å². The molecule has 8 heteroatoms. The number of likely N-dealkylation sites (N-methyl/N-ethyl adjacent to an activating group) is 1. The molecule has 0 N–H and O–H groups in total. The van der Waals surface area contributed by atoms with Crippen LogP contribution in [0.1, 0.15) is 25.2 Å². The van der Waals surface area contributed by atoms with E-state index >= 15 is 0 Å². The Balaban J connectivity index is 1.29. The molecule has 0 aliphatic carbocycles. The summed E-state index contributed by atoms with van der Waals surface area (Å²) in [7, 11) is 2.20. The van der Waals surface area contributed by atoms with E-state index in [1.807, 2.05) is 12.4 Å². The number of imidazole rings is 1. The quantitative estimate of drug-likeness (QED) is 0.415. The summed E-state index contributed by atoms with van der Waals surface area (Å²) in [5, 5.41) is 0. The number of fused-ring (bicyclic) bond motifs is 3. The van der Waals surface area contributed by atoms with Crippen LogP contribution in [0, 0.1) is 6.92 Å². The summed E-state index contributed by atoms with van der Waals surface area (Å²) < 4.78 is 8.25. The number of rotatable bonds is 5. The van der Waals surface area contributed by atoms with Gasteiger partial charge in [0.1, 0.15) is 0 Å². The van der Waals surface area contributed by atoms with Gasteiger partial charge in [-0.25, -0.2) is 4.98 Å². The van der Waals surface area contributed by atoms with Gasteiger partial charge in [-0.05, 0) is 51.6 Å². The zero-order valence-corrected chi connectivity index (χ0v) is 22.4. The number of piperazine rings is 1. The van der Waals surface area contributed by atoms with Crippen LogP contribution in [0.5, 0.6) is 0 Å². The first-order valence-electron chi connectivity index (χ1n) is 13.5. The number of benzene rings is 1. The first kappa shape index (κ1) is 24.3. The van der Waals surface area contributed by atoms with Crippen LogP contribution >= 0.6 is 0 Å². The van der Waals surface area contributed by atoms with Gasteiger partial charge in [-0.15, -0.1) is 0 Å². The van der Waals surface area contributed by atoms with Crippen LogP contribution in [0.2, 0.25) is 0 Å². The van der Waals surface area contributed by atoms with Crippen molar-refractivity contribution < 1.29 is 4.74 Å². The molecule has 2 aliphatic rings. The van der Waals surface area contributed by atoms with Crippen LogP contribution < -0.4 is 4.90 Å². The van der Waals surface area contributed by atoms with Gasteiger partial charge in [-0.3, -0.25) is 14.4 Å². The third-order valence-corrected chi connectivity index (χ3v) is 7.76. The predicted octanol–water partition coefficient (Wildman–Crippen LogP) is 3.66. The highest BCUT2D eigenvalue weighted by atomic mass is 16.5. The van der Waals surface area contributed by atoms with E-state index in [1.165, 1.54) is 0 Å². The molecule has 3 aromatic heterocycles. The van der Waals surface area contributed by atoms with Crippen LogP contribution in [0.3, 0.4) is 0 Å². The summed E-state index contributed by atoms with van der Waals surface area (Å²) in [5.74, 6) is 0.969. The lowest BCUT2D eigenvalue weighted by Crippen LogP contribution is -2.46. The van der Waals surface area contributed by atoms with E-state index in [0.717, 1.165) is 97.2 Å². The standard InChI is InChI=1S/C29H37N7O/c1-20-18-35(19-21(2)37-20)29-32-22(3)28-17-31-26-8-6-23(15-27(26)36(28)29)24-5-7-25(30-16-24)9-10-34-13-11-33(4)12-14-34/h5-8,15-17,20-21H,9-14,18-19H2,1-4H3/t20-,21+. The van der Waals surface area contributed by atoms with Crippen LogP contribution in [-0.2, 0) is 11.2 Å². The number of hydrogen-bond donors (Lipinski definition) is 0. The van der Waals surface area contributed by atoms with Gasteiger partial charge >= 0.3 is 0 Å². The van der Waals surface area contributed by atoms with Crippen molar-refractivity contribution in [2.24, 2.45) is 0 Å². The van der Waals surface area contributed by atoms with Crippen LogP contribution in [0.4, 0.5) is 5.95 Å². The number of anilines is 1. The van der Waals surface area contributed by atoms with E-state index in [4.69, 9.17) is 19.7 Å². The molecule has 37 heavy (non-hydrogen) atoms. The number of nitrogens with zero attached hydrogens (tertiary/aromatic N) is 7. The maximum atomic E-state index is 5.98. The Morgan fingerprint density at radius 3 is 2.38 bits per heavy atom. The Morgan fingerprint density at radius 1 is 0.892 bits per heavy atom. The molecule has 5 heterocycles. The second kappa shape index (κ2) is 10.0. The maximum Gasteiger partial charge on any atom is 0.211 e. The lowest BCUT2D eigenvalue weighted by molar-refractivity contribution is -0.00573. The number of morpholine rings is 1. The molecule has 0 radical (unpaired) electrons. The zero-order valence-electron chi connectivity index (χ0n) is 22.4. The minimum atomic E-state index is 0.168. The van der Waals surface area contributed by atoms with Crippen molar-refractivity contribution in [1.29, 1.82) is 0 Å². The number of ether oxygens (including phenoxy) is 1.